The third-order valence-corrected chi connectivity index (χ3v) is 5.42. The van der Waals surface area contributed by atoms with Gasteiger partial charge in [-0.05, 0) is 30.9 Å². The molecule has 0 bridgehead atoms. The van der Waals surface area contributed by atoms with Crippen molar-refractivity contribution in [1.29, 1.82) is 0 Å². The first-order chi connectivity index (χ1) is 8.52. The molecular formula is C14H22O3S. The molecule has 1 rings (SSSR count). The molecule has 2 atom stereocenters. The van der Waals surface area contributed by atoms with Crippen LogP contribution in [-0.4, -0.2) is 27.4 Å². The first-order valence-electron chi connectivity index (χ1n) is 6.30. The van der Waals surface area contributed by atoms with Gasteiger partial charge in [-0.1, -0.05) is 32.0 Å². The minimum Gasteiger partial charge on any atom is -0.384 e. The summed E-state index contributed by atoms with van der Waals surface area (Å²) >= 11 is 0. The predicted octanol–water partition coefficient (Wildman–Crippen LogP) is 2.91. The van der Waals surface area contributed by atoms with E-state index in [0.29, 0.717) is 24.3 Å². The number of ether oxygens (including phenoxy) is 1. The predicted molar refractivity (Wildman–Crippen MR) is 73.4 cm³/mol. The van der Waals surface area contributed by atoms with Gasteiger partial charge in [-0.3, -0.25) is 0 Å². The second kappa shape index (κ2) is 6.90. The number of methoxy groups -OCH3 is 1. The zero-order chi connectivity index (χ0) is 13.6. The maximum absolute atomic E-state index is 12.5. The number of hydrogen-bond acceptors (Lipinski definition) is 3. The highest BCUT2D eigenvalue weighted by Crippen LogP contribution is 2.23. The summed E-state index contributed by atoms with van der Waals surface area (Å²) in [5.74, 6) is 0.249. The topological polar surface area (TPSA) is 43.4 Å². The highest BCUT2D eigenvalue weighted by atomic mass is 32.2. The molecule has 102 valence electrons. The van der Waals surface area contributed by atoms with Crippen LogP contribution in [0.1, 0.15) is 26.7 Å². The molecule has 0 amide bonds. The molecule has 0 aliphatic heterocycles. The second-order valence-electron chi connectivity index (χ2n) is 4.68. The highest BCUT2D eigenvalue weighted by Gasteiger charge is 2.27. The van der Waals surface area contributed by atoms with Crippen LogP contribution in [0.4, 0.5) is 0 Å². The van der Waals surface area contributed by atoms with Crippen LogP contribution < -0.4 is 0 Å². The Bertz CT molecular complexity index is 439. The summed E-state index contributed by atoms with van der Waals surface area (Å²) < 4.78 is 30.0. The van der Waals surface area contributed by atoms with Crippen molar-refractivity contribution in [3.8, 4) is 0 Å². The van der Waals surface area contributed by atoms with Crippen LogP contribution >= 0.6 is 0 Å². The molecule has 0 spiro atoms. The van der Waals surface area contributed by atoms with Gasteiger partial charge in [-0.25, -0.2) is 8.42 Å². The third kappa shape index (κ3) is 3.82. The van der Waals surface area contributed by atoms with E-state index in [1.807, 2.05) is 19.9 Å². The minimum atomic E-state index is -3.22. The molecule has 0 radical (unpaired) electrons. The van der Waals surface area contributed by atoms with Crippen LogP contribution in [0.5, 0.6) is 0 Å². The number of rotatable bonds is 7. The molecule has 18 heavy (non-hydrogen) atoms. The summed E-state index contributed by atoms with van der Waals surface area (Å²) in [6.07, 6.45) is 1.27. The molecule has 4 heteroatoms. The highest BCUT2D eigenvalue weighted by molar-refractivity contribution is 7.92. The summed E-state index contributed by atoms with van der Waals surface area (Å²) in [6.45, 7) is 4.54. The van der Waals surface area contributed by atoms with Crippen molar-refractivity contribution in [2.24, 2.45) is 5.92 Å². The first-order valence-corrected chi connectivity index (χ1v) is 7.84. The van der Waals surface area contributed by atoms with E-state index < -0.39 is 9.84 Å². The minimum absolute atomic E-state index is 0.249. The van der Waals surface area contributed by atoms with E-state index in [9.17, 15) is 8.42 Å². The monoisotopic (exact) mass is 270 g/mol. The molecule has 0 heterocycles. The number of benzene rings is 1. The smallest absolute Gasteiger partial charge is 0.181 e. The van der Waals surface area contributed by atoms with Gasteiger partial charge >= 0.3 is 0 Å². The van der Waals surface area contributed by atoms with Gasteiger partial charge in [0.25, 0.3) is 0 Å². The normalized spacial score (nSPS) is 15.3. The van der Waals surface area contributed by atoms with E-state index in [1.54, 1.807) is 31.4 Å². The lowest BCUT2D eigenvalue weighted by Crippen LogP contribution is -2.24. The van der Waals surface area contributed by atoms with Crippen molar-refractivity contribution in [2.75, 3.05) is 13.7 Å². The Labute approximate surface area is 110 Å². The van der Waals surface area contributed by atoms with Crippen molar-refractivity contribution >= 4 is 9.84 Å². The Morgan fingerprint density at radius 1 is 1.22 bits per heavy atom. The van der Waals surface area contributed by atoms with Crippen LogP contribution in [0.15, 0.2) is 35.2 Å². The fourth-order valence-electron chi connectivity index (χ4n) is 2.12. The lowest BCUT2D eigenvalue weighted by Gasteiger charge is -2.19. The maximum Gasteiger partial charge on any atom is 0.181 e. The van der Waals surface area contributed by atoms with Crippen molar-refractivity contribution in [3.63, 3.8) is 0 Å². The van der Waals surface area contributed by atoms with Crippen LogP contribution in [0.2, 0.25) is 0 Å². The molecule has 0 N–H and O–H groups in total. The molecule has 3 nitrogen and oxygen atoms in total. The van der Waals surface area contributed by atoms with Crippen LogP contribution in [0, 0.1) is 5.92 Å². The Balaban J connectivity index is 2.88. The van der Waals surface area contributed by atoms with Crippen molar-refractivity contribution in [3.05, 3.63) is 30.3 Å². The molecular weight excluding hydrogens is 248 g/mol. The molecule has 1 aromatic rings. The quantitative estimate of drug-likeness (QED) is 0.765. The van der Waals surface area contributed by atoms with E-state index in [2.05, 4.69) is 0 Å². The van der Waals surface area contributed by atoms with Gasteiger partial charge in [0, 0.05) is 13.7 Å². The molecule has 0 saturated heterocycles. The number of hydrogen-bond donors (Lipinski definition) is 0. The Morgan fingerprint density at radius 3 is 2.33 bits per heavy atom. The third-order valence-electron chi connectivity index (χ3n) is 3.08. The molecule has 0 aliphatic rings. The largest absolute Gasteiger partial charge is 0.384 e. The SMILES string of the molecule is CCC(CC(C)COC)S(=O)(=O)c1ccccc1. The standard InChI is InChI=1S/C14H22O3S/c1-4-13(10-12(2)11-17-3)18(15,16)14-8-6-5-7-9-14/h5-9,12-13H,4,10-11H2,1-3H3. The average Bonchev–Trinajstić information content (AvgIpc) is 2.37. The maximum atomic E-state index is 12.5. The van der Waals surface area contributed by atoms with Crippen molar-refractivity contribution < 1.29 is 13.2 Å². The summed E-state index contributed by atoms with van der Waals surface area (Å²) in [6, 6.07) is 8.68. The molecule has 0 aliphatic carbocycles. The molecule has 1 aromatic carbocycles. The van der Waals surface area contributed by atoms with E-state index in [1.165, 1.54) is 0 Å². The van der Waals surface area contributed by atoms with Crippen molar-refractivity contribution in [2.45, 2.75) is 36.8 Å². The van der Waals surface area contributed by atoms with Gasteiger partial charge in [-0.2, -0.15) is 0 Å². The fraction of sp³-hybridized carbons (Fsp3) is 0.571. The summed E-state index contributed by atoms with van der Waals surface area (Å²) in [4.78, 5) is 0.418. The zero-order valence-corrected chi connectivity index (χ0v) is 12.1. The van der Waals surface area contributed by atoms with Crippen LogP contribution in [-0.2, 0) is 14.6 Å². The van der Waals surface area contributed by atoms with Gasteiger partial charge in [-0.15, -0.1) is 0 Å². The summed E-state index contributed by atoms with van der Waals surface area (Å²) in [5.41, 5.74) is 0. The van der Waals surface area contributed by atoms with Gasteiger partial charge in [0.2, 0.25) is 0 Å². The molecule has 0 aromatic heterocycles. The van der Waals surface area contributed by atoms with Crippen LogP contribution in [0.25, 0.3) is 0 Å². The lowest BCUT2D eigenvalue weighted by molar-refractivity contribution is 0.155. The first kappa shape index (κ1) is 15.2. The van der Waals surface area contributed by atoms with E-state index in [0.717, 1.165) is 0 Å². The van der Waals surface area contributed by atoms with Gasteiger partial charge < -0.3 is 4.74 Å². The Kier molecular flexibility index (Phi) is 5.82. The summed E-state index contributed by atoms with van der Waals surface area (Å²) in [7, 11) is -1.58. The zero-order valence-electron chi connectivity index (χ0n) is 11.3. The molecule has 2 unspecified atom stereocenters. The van der Waals surface area contributed by atoms with E-state index in [-0.39, 0.29) is 11.2 Å². The van der Waals surface area contributed by atoms with E-state index in [4.69, 9.17) is 4.74 Å². The van der Waals surface area contributed by atoms with Gasteiger partial charge in [0.05, 0.1) is 10.1 Å². The second-order valence-corrected chi connectivity index (χ2v) is 6.91. The van der Waals surface area contributed by atoms with E-state index >= 15 is 0 Å². The Hall–Kier alpha value is -0.870. The van der Waals surface area contributed by atoms with Crippen molar-refractivity contribution in [1.82, 2.24) is 0 Å². The summed E-state index contributed by atoms with van der Waals surface area (Å²) in [5, 5.41) is -0.329. The average molecular weight is 270 g/mol. The number of sulfone groups is 1. The lowest BCUT2D eigenvalue weighted by atomic mass is 10.1. The Morgan fingerprint density at radius 2 is 1.83 bits per heavy atom. The van der Waals surface area contributed by atoms with Crippen LogP contribution in [0.3, 0.4) is 0 Å². The van der Waals surface area contributed by atoms with Gasteiger partial charge in [0.15, 0.2) is 9.84 Å². The fourth-order valence-corrected chi connectivity index (χ4v) is 4.06. The van der Waals surface area contributed by atoms with Gasteiger partial charge in [0.1, 0.15) is 0 Å². The molecule has 0 fully saturated rings. The molecule has 0 saturated carbocycles.